The summed E-state index contributed by atoms with van der Waals surface area (Å²) in [7, 11) is 1.57. The van der Waals surface area contributed by atoms with Gasteiger partial charge in [-0.3, -0.25) is 9.59 Å². The van der Waals surface area contributed by atoms with E-state index in [1.807, 2.05) is 12.1 Å². The fourth-order valence-electron chi connectivity index (χ4n) is 3.84. The molecule has 0 aliphatic carbocycles. The summed E-state index contributed by atoms with van der Waals surface area (Å²) in [6, 6.07) is 14.4. The summed E-state index contributed by atoms with van der Waals surface area (Å²) in [6.07, 6.45) is 0. The standard InChI is InChI=1S/C25H23NO6S/c1-3-32-19-13-16(8-11-18(19)27)22-21(23(28)20-5-4-12-33-20)24(29)25(30)26(22)14-15-6-9-17(31-2)10-7-15/h4-13,22,27,29H,3,14H2,1-2H3. The molecule has 0 spiro atoms. The Morgan fingerprint density at radius 1 is 1.12 bits per heavy atom. The van der Waals surface area contributed by atoms with Crippen molar-refractivity contribution in [3.8, 4) is 17.2 Å². The van der Waals surface area contributed by atoms with Gasteiger partial charge in [0.2, 0.25) is 5.78 Å². The first-order chi connectivity index (χ1) is 15.9. The van der Waals surface area contributed by atoms with Gasteiger partial charge in [-0.05, 0) is 53.8 Å². The lowest BCUT2D eigenvalue weighted by molar-refractivity contribution is -0.130. The third kappa shape index (κ3) is 4.29. The number of methoxy groups -OCH3 is 1. The minimum absolute atomic E-state index is 0.00380. The molecule has 1 aliphatic heterocycles. The van der Waals surface area contributed by atoms with Crippen LogP contribution in [0.1, 0.15) is 33.8 Å². The first-order valence-corrected chi connectivity index (χ1v) is 11.2. The Kier molecular flexibility index (Phi) is 6.37. The molecule has 2 heterocycles. The van der Waals surface area contributed by atoms with Crippen LogP contribution in [-0.2, 0) is 11.3 Å². The van der Waals surface area contributed by atoms with Gasteiger partial charge in [-0.25, -0.2) is 0 Å². The number of aliphatic hydroxyl groups excluding tert-OH is 1. The topological polar surface area (TPSA) is 96.3 Å². The van der Waals surface area contributed by atoms with Gasteiger partial charge in [0.15, 0.2) is 17.3 Å². The van der Waals surface area contributed by atoms with E-state index in [1.165, 1.54) is 22.3 Å². The van der Waals surface area contributed by atoms with Gasteiger partial charge in [0.05, 0.1) is 30.2 Å². The third-order valence-corrected chi connectivity index (χ3v) is 6.27. The number of aliphatic hydroxyl groups is 1. The number of hydrogen-bond acceptors (Lipinski definition) is 7. The lowest BCUT2D eigenvalue weighted by Crippen LogP contribution is -2.30. The summed E-state index contributed by atoms with van der Waals surface area (Å²) in [6.45, 7) is 2.28. The van der Waals surface area contributed by atoms with Crippen LogP contribution < -0.4 is 9.47 Å². The summed E-state index contributed by atoms with van der Waals surface area (Å²) >= 11 is 1.24. The second-order valence-corrected chi connectivity index (χ2v) is 8.36. The quantitative estimate of drug-likeness (QED) is 0.471. The largest absolute Gasteiger partial charge is 0.504 e. The maximum absolute atomic E-state index is 13.3. The van der Waals surface area contributed by atoms with Gasteiger partial charge >= 0.3 is 0 Å². The Labute approximate surface area is 195 Å². The number of benzene rings is 2. The van der Waals surface area contributed by atoms with E-state index >= 15 is 0 Å². The second kappa shape index (κ2) is 9.38. The van der Waals surface area contributed by atoms with Crippen molar-refractivity contribution in [3.05, 3.63) is 87.3 Å². The molecule has 0 fully saturated rings. The van der Waals surface area contributed by atoms with Crippen LogP contribution in [0.3, 0.4) is 0 Å². The smallest absolute Gasteiger partial charge is 0.290 e. The van der Waals surface area contributed by atoms with Crippen LogP contribution in [-0.4, -0.2) is 40.5 Å². The number of amides is 1. The van der Waals surface area contributed by atoms with Crippen LogP contribution in [0.5, 0.6) is 17.2 Å². The highest BCUT2D eigenvalue weighted by molar-refractivity contribution is 7.12. The fraction of sp³-hybridized carbons (Fsp3) is 0.200. The lowest BCUT2D eigenvalue weighted by atomic mass is 9.95. The Balaban J connectivity index is 1.79. The number of phenolic OH excluding ortho intramolecular Hbond substituents is 1. The predicted octanol–water partition coefficient (Wildman–Crippen LogP) is 4.64. The highest BCUT2D eigenvalue weighted by Gasteiger charge is 2.44. The van der Waals surface area contributed by atoms with E-state index in [0.717, 1.165) is 5.56 Å². The molecule has 0 radical (unpaired) electrons. The zero-order valence-electron chi connectivity index (χ0n) is 18.1. The summed E-state index contributed by atoms with van der Waals surface area (Å²) in [5.41, 5.74) is 1.35. The van der Waals surface area contributed by atoms with Gasteiger partial charge in [-0.2, -0.15) is 0 Å². The van der Waals surface area contributed by atoms with E-state index in [9.17, 15) is 19.8 Å². The normalized spacial score (nSPS) is 15.8. The first kappa shape index (κ1) is 22.4. The molecule has 7 nitrogen and oxygen atoms in total. The summed E-state index contributed by atoms with van der Waals surface area (Å²) in [5, 5.41) is 22.7. The number of rotatable bonds is 8. The number of nitrogens with zero attached hydrogens (tertiary/aromatic N) is 1. The molecule has 8 heteroatoms. The maximum Gasteiger partial charge on any atom is 0.290 e. The molecule has 33 heavy (non-hydrogen) atoms. The Hall–Kier alpha value is -3.78. The Morgan fingerprint density at radius 2 is 1.88 bits per heavy atom. The molecule has 1 amide bonds. The van der Waals surface area contributed by atoms with Gasteiger partial charge in [-0.15, -0.1) is 11.3 Å². The summed E-state index contributed by atoms with van der Waals surface area (Å²) in [5.74, 6) is -0.756. The summed E-state index contributed by atoms with van der Waals surface area (Å²) < 4.78 is 10.7. The number of phenols is 1. The van der Waals surface area contributed by atoms with E-state index in [4.69, 9.17) is 9.47 Å². The highest BCUT2D eigenvalue weighted by atomic mass is 32.1. The first-order valence-electron chi connectivity index (χ1n) is 10.4. The van der Waals surface area contributed by atoms with Crippen LogP contribution in [0.15, 0.2) is 71.3 Å². The van der Waals surface area contributed by atoms with Crippen molar-refractivity contribution in [1.82, 2.24) is 4.90 Å². The van der Waals surface area contributed by atoms with Crippen molar-refractivity contribution in [2.75, 3.05) is 13.7 Å². The van der Waals surface area contributed by atoms with Gasteiger partial charge in [0, 0.05) is 6.54 Å². The number of carbonyl (C=O) groups excluding carboxylic acids is 2. The molecular weight excluding hydrogens is 442 g/mol. The van der Waals surface area contributed by atoms with Crippen LogP contribution in [0, 0.1) is 0 Å². The van der Waals surface area contributed by atoms with Crippen LogP contribution >= 0.6 is 11.3 Å². The van der Waals surface area contributed by atoms with E-state index in [2.05, 4.69) is 0 Å². The van der Waals surface area contributed by atoms with Crippen LogP contribution in [0.4, 0.5) is 0 Å². The number of aromatic hydroxyl groups is 1. The fourth-order valence-corrected chi connectivity index (χ4v) is 4.51. The molecule has 4 rings (SSSR count). The molecular formula is C25H23NO6S. The molecule has 1 aromatic heterocycles. The highest BCUT2D eigenvalue weighted by Crippen LogP contribution is 2.42. The van der Waals surface area contributed by atoms with Crippen molar-refractivity contribution in [1.29, 1.82) is 0 Å². The van der Waals surface area contributed by atoms with Crippen LogP contribution in [0.2, 0.25) is 0 Å². The number of ketones is 1. The Bertz CT molecular complexity index is 1200. The molecule has 170 valence electrons. The lowest BCUT2D eigenvalue weighted by Gasteiger charge is -2.27. The van der Waals surface area contributed by atoms with Gasteiger partial charge < -0.3 is 24.6 Å². The molecule has 0 bridgehead atoms. The predicted molar refractivity (Wildman–Crippen MR) is 124 cm³/mol. The number of thiophene rings is 1. The monoisotopic (exact) mass is 465 g/mol. The number of ether oxygens (including phenoxy) is 2. The molecule has 2 aromatic carbocycles. The molecule has 1 unspecified atom stereocenters. The van der Waals surface area contributed by atoms with Gasteiger partial charge in [0.1, 0.15) is 5.75 Å². The summed E-state index contributed by atoms with van der Waals surface area (Å²) in [4.78, 5) is 28.3. The van der Waals surface area contributed by atoms with E-state index in [0.29, 0.717) is 22.8 Å². The maximum atomic E-state index is 13.3. The van der Waals surface area contributed by atoms with E-state index in [1.54, 1.807) is 55.8 Å². The van der Waals surface area contributed by atoms with Crippen molar-refractivity contribution in [2.45, 2.75) is 19.5 Å². The number of hydrogen-bond donors (Lipinski definition) is 2. The average Bonchev–Trinajstić information content (AvgIpc) is 3.44. The SMILES string of the molecule is CCOc1cc(C2C(C(=O)c3cccs3)=C(O)C(=O)N2Cc2ccc(OC)cc2)ccc1O. The number of carbonyl (C=O) groups is 2. The molecule has 1 aliphatic rings. The molecule has 3 aromatic rings. The van der Waals surface area contributed by atoms with Gasteiger partial charge in [-0.1, -0.05) is 24.3 Å². The minimum Gasteiger partial charge on any atom is -0.504 e. The molecule has 1 atom stereocenters. The minimum atomic E-state index is -0.853. The molecule has 0 saturated heterocycles. The van der Waals surface area contributed by atoms with Crippen molar-refractivity contribution >= 4 is 23.0 Å². The zero-order valence-corrected chi connectivity index (χ0v) is 19.0. The number of Topliss-reactive ketones (excluding diaryl/α,β-unsaturated/α-hetero) is 1. The van der Waals surface area contributed by atoms with E-state index < -0.39 is 23.5 Å². The second-order valence-electron chi connectivity index (χ2n) is 7.41. The average molecular weight is 466 g/mol. The van der Waals surface area contributed by atoms with Gasteiger partial charge in [0.25, 0.3) is 5.91 Å². The molecule has 0 saturated carbocycles. The van der Waals surface area contributed by atoms with Crippen LogP contribution in [0.25, 0.3) is 0 Å². The van der Waals surface area contributed by atoms with Crippen molar-refractivity contribution < 1.29 is 29.3 Å². The van der Waals surface area contributed by atoms with E-state index in [-0.39, 0.29) is 23.6 Å². The third-order valence-electron chi connectivity index (χ3n) is 5.40. The zero-order chi connectivity index (χ0) is 23.5. The Morgan fingerprint density at radius 3 is 2.52 bits per heavy atom. The molecule has 2 N–H and O–H groups in total. The van der Waals surface area contributed by atoms with Crippen molar-refractivity contribution in [3.63, 3.8) is 0 Å². The van der Waals surface area contributed by atoms with Crippen molar-refractivity contribution in [2.24, 2.45) is 0 Å².